The highest BCUT2D eigenvalue weighted by Gasteiger charge is 2.06. The zero-order chi connectivity index (χ0) is 15.9. The van der Waals surface area contributed by atoms with Crippen molar-refractivity contribution in [3.8, 4) is 0 Å². The van der Waals surface area contributed by atoms with Crippen LogP contribution in [0.4, 0.5) is 16.2 Å². The lowest BCUT2D eigenvalue weighted by molar-refractivity contribution is -0.115. The smallest absolute Gasteiger partial charge is 0.319 e. The highest BCUT2D eigenvalue weighted by atomic mass is 16.2. The molecule has 5 heteroatoms. The van der Waals surface area contributed by atoms with Gasteiger partial charge in [0, 0.05) is 11.4 Å². The number of aryl methyl sites for hydroxylation is 2. The standard InChI is InChI=1S/C17H19N3O2/c1-12-6-8-14(9-7-12)20-17(22)18-11-16(21)19-15-5-3-4-13(2)10-15/h3-10H,11H2,1-2H3,(H,19,21)(H2,18,20,22). The largest absolute Gasteiger partial charge is 0.329 e. The lowest BCUT2D eigenvalue weighted by Crippen LogP contribution is -2.35. The normalized spacial score (nSPS) is 9.91. The molecule has 0 bridgehead atoms. The minimum atomic E-state index is -0.414. The monoisotopic (exact) mass is 297 g/mol. The van der Waals surface area contributed by atoms with Crippen molar-refractivity contribution >= 4 is 23.3 Å². The summed E-state index contributed by atoms with van der Waals surface area (Å²) in [4.78, 5) is 23.5. The van der Waals surface area contributed by atoms with E-state index in [-0.39, 0.29) is 12.5 Å². The zero-order valence-electron chi connectivity index (χ0n) is 12.6. The van der Waals surface area contributed by atoms with Crippen molar-refractivity contribution in [1.82, 2.24) is 5.32 Å². The van der Waals surface area contributed by atoms with E-state index in [1.54, 1.807) is 6.07 Å². The quantitative estimate of drug-likeness (QED) is 0.811. The molecule has 0 saturated carbocycles. The molecule has 0 aliphatic heterocycles. The van der Waals surface area contributed by atoms with E-state index in [0.29, 0.717) is 11.4 Å². The van der Waals surface area contributed by atoms with E-state index < -0.39 is 6.03 Å². The maximum absolute atomic E-state index is 11.8. The molecule has 22 heavy (non-hydrogen) atoms. The molecular weight excluding hydrogens is 278 g/mol. The van der Waals surface area contributed by atoms with Gasteiger partial charge in [-0.1, -0.05) is 29.8 Å². The minimum absolute atomic E-state index is 0.0916. The fourth-order valence-corrected chi connectivity index (χ4v) is 1.90. The van der Waals surface area contributed by atoms with E-state index in [2.05, 4.69) is 16.0 Å². The molecule has 0 aliphatic rings. The van der Waals surface area contributed by atoms with Crippen molar-refractivity contribution in [2.24, 2.45) is 0 Å². The fraction of sp³-hybridized carbons (Fsp3) is 0.176. The first kappa shape index (κ1) is 15.6. The summed E-state index contributed by atoms with van der Waals surface area (Å²) in [5, 5.41) is 7.91. The summed E-state index contributed by atoms with van der Waals surface area (Å²) in [5.74, 6) is -0.273. The summed E-state index contributed by atoms with van der Waals surface area (Å²) < 4.78 is 0. The molecule has 0 saturated heterocycles. The van der Waals surface area contributed by atoms with Crippen molar-refractivity contribution in [2.75, 3.05) is 17.2 Å². The molecule has 0 aromatic heterocycles. The first-order valence-electron chi connectivity index (χ1n) is 7.01. The van der Waals surface area contributed by atoms with Crippen molar-refractivity contribution in [3.05, 3.63) is 59.7 Å². The molecule has 0 aliphatic carbocycles. The second kappa shape index (κ2) is 7.26. The molecule has 2 rings (SSSR count). The van der Waals surface area contributed by atoms with Crippen LogP contribution < -0.4 is 16.0 Å². The molecule has 0 spiro atoms. The van der Waals surface area contributed by atoms with E-state index in [1.165, 1.54) is 0 Å². The van der Waals surface area contributed by atoms with Gasteiger partial charge in [0.15, 0.2) is 0 Å². The number of hydrogen-bond acceptors (Lipinski definition) is 2. The van der Waals surface area contributed by atoms with Gasteiger partial charge in [0.25, 0.3) is 0 Å². The Bertz CT molecular complexity index is 666. The number of anilines is 2. The van der Waals surface area contributed by atoms with Crippen molar-refractivity contribution in [2.45, 2.75) is 13.8 Å². The second-order valence-electron chi connectivity index (χ2n) is 5.09. The van der Waals surface area contributed by atoms with Gasteiger partial charge >= 0.3 is 6.03 Å². The van der Waals surface area contributed by atoms with Crippen LogP contribution in [0.25, 0.3) is 0 Å². The Kier molecular flexibility index (Phi) is 5.14. The van der Waals surface area contributed by atoms with Crippen LogP contribution in [-0.2, 0) is 4.79 Å². The molecule has 3 N–H and O–H groups in total. The highest BCUT2D eigenvalue weighted by molar-refractivity contribution is 5.96. The summed E-state index contributed by atoms with van der Waals surface area (Å²) >= 11 is 0. The van der Waals surface area contributed by atoms with E-state index in [1.807, 2.05) is 56.3 Å². The molecule has 2 aromatic carbocycles. The Hall–Kier alpha value is -2.82. The minimum Gasteiger partial charge on any atom is -0.329 e. The van der Waals surface area contributed by atoms with E-state index >= 15 is 0 Å². The molecule has 3 amide bonds. The van der Waals surface area contributed by atoms with E-state index in [4.69, 9.17) is 0 Å². The van der Waals surface area contributed by atoms with Gasteiger partial charge in [-0.3, -0.25) is 4.79 Å². The lowest BCUT2D eigenvalue weighted by Gasteiger charge is -2.09. The van der Waals surface area contributed by atoms with Gasteiger partial charge in [-0.15, -0.1) is 0 Å². The average molecular weight is 297 g/mol. The van der Waals surface area contributed by atoms with Crippen LogP contribution in [0, 0.1) is 13.8 Å². The number of rotatable bonds is 4. The van der Waals surface area contributed by atoms with Crippen molar-refractivity contribution in [3.63, 3.8) is 0 Å². The van der Waals surface area contributed by atoms with Gasteiger partial charge in [-0.25, -0.2) is 4.79 Å². The van der Waals surface area contributed by atoms with E-state index in [0.717, 1.165) is 11.1 Å². The number of nitrogens with one attached hydrogen (secondary N) is 3. The van der Waals surface area contributed by atoms with Crippen LogP contribution in [0.1, 0.15) is 11.1 Å². The van der Waals surface area contributed by atoms with Gasteiger partial charge in [0.1, 0.15) is 0 Å². The summed E-state index contributed by atoms with van der Waals surface area (Å²) in [6.07, 6.45) is 0. The Morgan fingerprint density at radius 1 is 0.864 bits per heavy atom. The van der Waals surface area contributed by atoms with Crippen LogP contribution >= 0.6 is 0 Å². The van der Waals surface area contributed by atoms with Gasteiger partial charge in [0.05, 0.1) is 6.54 Å². The van der Waals surface area contributed by atoms with Crippen LogP contribution in [0.3, 0.4) is 0 Å². The number of benzene rings is 2. The first-order chi connectivity index (χ1) is 10.5. The summed E-state index contributed by atoms with van der Waals surface area (Å²) in [7, 11) is 0. The Balaban J connectivity index is 1.78. The van der Waals surface area contributed by atoms with Crippen LogP contribution in [0.5, 0.6) is 0 Å². The van der Waals surface area contributed by atoms with Crippen LogP contribution in [0.2, 0.25) is 0 Å². The van der Waals surface area contributed by atoms with Crippen LogP contribution in [-0.4, -0.2) is 18.5 Å². The number of urea groups is 1. The zero-order valence-corrected chi connectivity index (χ0v) is 12.6. The Morgan fingerprint density at radius 3 is 2.27 bits per heavy atom. The summed E-state index contributed by atoms with van der Waals surface area (Å²) in [6.45, 7) is 3.83. The number of carbonyl (C=O) groups excluding carboxylic acids is 2. The SMILES string of the molecule is Cc1ccc(NC(=O)NCC(=O)Nc2cccc(C)c2)cc1. The predicted octanol–water partition coefficient (Wildman–Crippen LogP) is 3.06. The fourth-order valence-electron chi connectivity index (χ4n) is 1.90. The third kappa shape index (κ3) is 4.94. The first-order valence-corrected chi connectivity index (χ1v) is 7.01. The lowest BCUT2D eigenvalue weighted by atomic mass is 10.2. The summed E-state index contributed by atoms with van der Waals surface area (Å²) in [6, 6.07) is 14.5. The van der Waals surface area contributed by atoms with Gasteiger partial charge in [0.2, 0.25) is 5.91 Å². The molecule has 114 valence electrons. The molecule has 2 aromatic rings. The van der Waals surface area contributed by atoms with Gasteiger partial charge in [-0.05, 0) is 43.7 Å². The number of carbonyl (C=O) groups is 2. The van der Waals surface area contributed by atoms with Crippen molar-refractivity contribution in [1.29, 1.82) is 0 Å². The van der Waals surface area contributed by atoms with Gasteiger partial charge in [-0.2, -0.15) is 0 Å². The predicted molar refractivity (Wildman–Crippen MR) is 88.0 cm³/mol. The topological polar surface area (TPSA) is 70.2 Å². The average Bonchev–Trinajstić information content (AvgIpc) is 2.48. The highest BCUT2D eigenvalue weighted by Crippen LogP contribution is 2.09. The maximum Gasteiger partial charge on any atom is 0.319 e. The van der Waals surface area contributed by atoms with Crippen molar-refractivity contribution < 1.29 is 9.59 Å². The Morgan fingerprint density at radius 2 is 1.59 bits per heavy atom. The molecule has 0 radical (unpaired) electrons. The molecule has 0 heterocycles. The maximum atomic E-state index is 11.8. The summed E-state index contributed by atoms with van der Waals surface area (Å²) in [5.41, 5.74) is 3.57. The van der Waals surface area contributed by atoms with Gasteiger partial charge < -0.3 is 16.0 Å². The Labute approximate surface area is 129 Å². The third-order valence-electron chi connectivity index (χ3n) is 3.02. The molecular formula is C17H19N3O2. The van der Waals surface area contributed by atoms with E-state index in [9.17, 15) is 9.59 Å². The molecule has 5 nitrogen and oxygen atoms in total. The third-order valence-corrected chi connectivity index (χ3v) is 3.02. The molecule has 0 atom stereocenters. The molecule has 0 unspecified atom stereocenters. The number of hydrogen-bond donors (Lipinski definition) is 3. The van der Waals surface area contributed by atoms with Crippen LogP contribution in [0.15, 0.2) is 48.5 Å². The molecule has 0 fully saturated rings. The number of amides is 3. The second-order valence-corrected chi connectivity index (χ2v) is 5.09.